The number of nitrogens with zero attached hydrogens (tertiary/aromatic N) is 2. The summed E-state index contributed by atoms with van der Waals surface area (Å²) < 4.78 is 5.80. The Kier molecular flexibility index (Phi) is 4.89. The number of rotatable bonds is 4. The van der Waals surface area contributed by atoms with Gasteiger partial charge in [-0.15, -0.1) is 10.2 Å². The van der Waals surface area contributed by atoms with Crippen molar-refractivity contribution < 1.29 is 14.0 Å². The first-order valence-electron chi connectivity index (χ1n) is 9.20. The van der Waals surface area contributed by atoms with E-state index in [1.165, 1.54) is 0 Å². The molecule has 0 radical (unpaired) electrons. The fraction of sp³-hybridized carbons (Fsp3) is 0.238. The Morgan fingerprint density at radius 2 is 1.86 bits per heavy atom. The minimum Gasteiger partial charge on any atom is -0.416 e. The highest BCUT2D eigenvalue weighted by atomic mass is 16.4. The van der Waals surface area contributed by atoms with Crippen LogP contribution in [0.2, 0.25) is 0 Å². The average Bonchev–Trinajstić information content (AvgIpc) is 3.20. The summed E-state index contributed by atoms with van der Waals surface area (Å²) in [6.45, 7) is 2.65. The van der Waals surface area contributed by atoms with E-state index in [0.717, 1.165) is 23.1 Å². The molecule has 0 bridgehead atoms. The van der Waals surface area contributed by atoms with Crippen molar-refractivity contribution in [2.24, 2.45) is 0 Å². The molecule has 1 aliphatic heterocycles. The zero-order valence-corrected chi connectivity index (χ0v) is 15.4. The van der Waals surface area contributed by atoms with Crippen molar-refractivity contribution in [2.75, 3.05) is 6.54 Å². The molecule has 1 fully saturated rings. The Morgan fingerprint density at radius 3 is 2.61 bits per heavy atom. The molecule has 0 aliphatic carbocycles. The lowest BCUT2D eigenvalue weighted by atomic mass is 10.1. The van der Waals surface area contributed by atoms with Crippen LogP contribution < -0.4 is 10.6 Å². The molecule has 1 saturated heterocycles. The van der Waals surface area contributed by atoms with Gasteiger partial charge in [0.2, 0.25) is 17.7 Å². The van der Waals surface area contributed by atoms with E-state index >= 15 is 0 Å². The second-order valence-electron chi connectivity index (χ2n) is 6.76. The number of benzene rings is 2. The zero-order chi connectivity index (χ0) is 19.5. The summed E-state index contributed by atoms with van der Waals surface area (Å²) in [5, 5.41) is 13.8. The van der Waals surface area contributed by atoms with Gasteiger partial charge in [0.25, 0.3) is 5.91 Å². The SMILES string of the molecule is Cc1ccccc1-c1nnc(-c2ccc(C(=O)N[C@@H]3CCCNC3=O)cc2)o1. The first-order chi connectivity index (χ1) is 13.6. The summed E-state index contributed by atoms with van der Waals surface area (Å²) in [4.78, 5) is 24.2. The molecule has 1 aromatic heterocycles. The summed E-state index contributed by atoms with van der Waals surface area (Å²) >= 11 is 0. The largest absolute Gasteiger partial charge is 0.416 e. The fourth-order valence-electron chi connectivity index (χ4n) is 3.18. The van der Waals surface area contributed by atoms with Crippen LogP contribution in [0.1, 0.15) is 28.8 Å². The Bertz CT molecular complexity index is 1010. The monoisotopic (exact) mass is 376 g/mol. The number of amides is 2. The molecule has 142 valence electrons. The molecular weight excluding hydrogens is 356 g/mol. The standard InChI is InChI=1S/C21H20N4O3/c1-13-5-2-3-6-16(13)21-25-24-20(28-21)15-10-8-14(9-11-15)18(26)23-17-7-4-12-22-19(17)27/h2-3,5-6,8-11,17H,4,7,12H2,1H3,(H,22,27)(H,23,26)/t17-/m1/s1. The third-order valence-electron chi connectivity index (χ3n) is 4.79. The highest BCUT2D eigenvalue weighted by molar-refractivity contribution is 5.98. The first-order valence-corrected chi connectivity index (χ1v) is 9.20. The maximum absolute atomic E-state index is 12.4. The molecule has 4 rings (SSSR count). The van der Waals surface area contributed by atoms with Crippen LogP contribution in [0.3, 0.4) is 0 Å². The summed E-state index contributed by atoms with van der Waals surface area (Å²) in [5.41, 5.74) is 3.14. The Balaban J connectivity index is 1.48. The smallest absolute Gasteiger partial charge is 0.251 e. The van der Waals surface area contributed by atoms with Crippen molar-refractivity contribution in [3.8, 4) is 22.9 Å². The van der Waals surface area contributed by atoms with Gasteiger partial charge in [0.1, 0.15) is 6.04 Å². The van der Waals surface area contributed by atoms with Gasteiger partial charge < -0.3 is 15.1 Å². The molecule has 2 amide bonds. The van der Waals surface area contributed by atoms with Gasteiger partial charge in [-0.1, -0.05) is 18.2 Å². The van der Waals surface area contributed by atoms with Gasteiger partial charge in [0, 0.05) is 23.2 Å². The topological polar surface area (TPSA) is 97.1 Å². The van der Waals surface area contributed by atoms with Gasteiger partial charge in [0.15, 0.2) is 0 Å². The highest BCUT2D eigenvalue weighted by Crippen LogP contribution is 2.26. The van der Waals surface area contributed by atoms with Crippen LogP contribution in [0.4, 0.5) is 0 Å². The van der Waals surface area contributed by atoms with E-state index in [1.807, 2.05) is 31.2 Å². The number of piperidine rings is 1. The highest BCUT2D eigenvalue weighted by Gasteiger charge is 2.24. The number of hydrogen-bond donors (Lipinski definition) is 2. The number of carbonyl (C=O) groups excluding carboxylic acids is 2. The number of aryl methyl sites for hydroxylation is 1. The van der Waals surface area contributed by atoms with Gasteiger partial charge in [-0.2, -0.15) is 0 Å². The van der Waals surface area contributed by atoms with Crippen LogP contribution in [-0.2, 0) is 4.79 Å². The summed E-state index contributed by atoms with van der Waals surface area (Å²) in [6.07, 6.45) is 1.51. The van der Waals surface area contributed by atoms with Crippen molar-refractivity contribution in [3.05, 3.63) is 59.7 Å². The molecule has 1 aliphatic rings. The Labute approximate surface area is 162 Å². The van der Waals surface area contributed by atoms with Crippen molar-refractivity contribution in [1.29, 1.82) is 0 Å². The van der Waals surface area contributed by atoms with Crippen LogP contribution in [0.5, 0.6) is 0 Å². The number of hydrogen-bond acceptors (Lipinski definition) is 5. The second-order valence-corrected chi connectivity index (χ2v) is 6.76. The van der Waals surface area contributed by atoms with Crippen molar-refractivity contribution in [3.63, 3.8) is 0 Å². The summed E-state index contributed by atoms with van der Waals surface area (Å²) in [6, 6.07) is 14.2. The fourth-order valence-corrected chi connectivity index (χ4v) is 3.18. The zero-order valence-electron chi connectivity index (χ0n) is 15.4. The van der Waals surface area contributed by atoms with E-state index < -0.39 is 6.04 Å². The third kappa shape index (κ3) is 3.64. The van der Waals surface area contributed by atoms with E-state index in [2.05, 4.69) is 20.8 Å². The molecule has 7 heteroatoms. The summed E-state index contributed by atoms with van der Waals surface area (Å²) in [5.74, 6) is 0.431. The minimum absolute atomic E-state index is 0.134. The number of carbonyl (C=O) groups is 2. The van der Waals surface area contributed by atoms with Gasteiger partial charge in [-0.25, -0.2) is 0 Å². The van der Waals surface area contributed by atoms with Gasteiger partial charge in [0.05, 0.1) is 0 Å². The van der Waals surface area contributed by atoms with E-state index in [9.17, 15) is 9.59 Å². The molecule has 7 nitrogen and oxygen atoms in total. The minimum atomic E-state index is -0.478. The molecule has 3 aromatic rings. The third-order valence-corrected chi connectivity index (χ3v) is 4.79. The van der Waals surface area contributed by atoms with Crippen LogP contribution in [0.25, 0.3) is 22.9 Å². The predicted molar refractivity (Wildman–Crippen MR) is 103 cm³/mol. The molecule has 1 atom stereocenters. The van der Waals surface area contributed by atoms with Crippen LogP contribution in [-0.4, -0.2) is 34.6 Å². The molecule has 2 heterocycles. The number of aromatic nitrogens is 2. The van der Waals surface area contributed by atoms with Crippen molar-refractivity contribution >= 4 is 11.8 Å². The van der Waals surface area contributed by atoms with E-state index in [0.29, 0.717) is 30.3 Å². The predicted octanol–water partition coefficient (Wildman–Crippen LogP) is 2.72. The Morgan fingerprint density at radius 1 is 1.11 bits per heavy atom. The van der Waals surface area contributed by atoms with E-state index in [-0.39, 0.29) is 11.8 Å². The first kappa shape index (κ1) is 17.9. The maximum Gasteiger partial charge on any atom is 0.251 e. The van der Waals surface area contributed by atoms with Crippen LogP contribution >= 0.6 is 0 Å². The molecule has 0 saturated carbocycles. The number of nitrogens with one attached hydrogen (secondary N) is 2. The quantitative estimate of drug-likeness (QED) is 0.730. The molecule has 2 N–H and O–H groups in total. The van der Waals surface area contributed by atoms with Gasteiger partial charge in [-0.05, 0) is 55.7 Å². The summed E-state index contributed by atoms with van der Waals surface area (Å²) in [7, 11) is 0. The lowest BCUT2D eigenvalue weighted by molar-refractivity contribution is -0.124. The Hall–Kier alpha value is -3.48. The molecule has 0 unspecified atom stereocenters. The maximum atomic E-state index is 12.4. The molecule has 28 heavy (non-hydrogen) atoms. The average molecular weight is 376 g/mol. The van der Waals surface area contributed by atoms with Gasteiger partial charge >= 0.3 is 0 Å². The van der Waals surface area contributed by atoms with Gasteiger partial charge in [-0.3, -0.25) is 9.59 Å². The van der Waals surface area contributed by atoms with Crippen molar-refractivity contribution in [1.82, 2.24) is 20.8 Å². The molecule has 0 spiro atoms. The van der Waals surface area contributed by atoms with E-state index in [4.69, 9.17) is 4.42 Å². The lowest BCUT2D eigenvalue weighted by Gasteiger charge is -2.22. The second kappa shape index (κ2) is 7.64. The lowest BCUT2D eigenvalue weighted by Crippen LogP contribution is -2.50. The van der Waals surface area contributed by atoms with E-state index in [1.54, 1.807) is 24.3 Å². The normalized spacial score (nSPS) is 16.5. The van der Waals surface area contributed by atoms with Crippen LogP contribution in [0, 0.1) is 6.92 Å². The molecule has 2 aromatic carbocycles. The molecular formula is C21H20N4O3. The van der Waals surface area contributed by atoms with Crippen molar-refractivity contribution in [2.45, 2.75) is 25.8 Å². The van der Waals surface area contributed by atoms with Crippen LogP contribution in [0.15, 0.2) is 52.9 Å².